The third kappa shape index (κ3) is 5.65. The Morgan fingerprint density at radius 2 is 1.48 bits per heavy atom. The zero-order chi connectivity index (χ0) is 14.9. The summed E-state index contributed by atoms with van der Waals surface area (Å²) >= 11 is 0. The molecule has 4 heteroatoms. The highest BCUT2D eigenvalue weighted by atomic mass is 19.1. The fourth-order valence-corrected chi connectivity index (χ4v) is 2.04. The number of urea groups is 1. The van der Waals surface area contributed by atoms with Crippen LogP contribution in [0.1, 0.15) is 11.1 Å². The van der Waals surface area contributed by atoms with Crippen LogP contribution in [-0.2, 0) is 12.8 Å². The third-order valence-electron chi connectivity index (χ3n) is 3.13. The molecule has 0 aliphatic heterocycles. The molecule has 110 valence electrons. The van der Waals surface area contributed by atoms with Crippen molar-refractivity contribution in [1.82, 2.24) is 10.6 Å². The minimum Gasteiger partial charge on any atom is -0.338 e. The number of carbonyl (C=O) groups excluding carboxylic acids is 1. The van der Waals surface area contributed by atoms with Gasteiger partial charge in [0.25, 0.3) is 0 Å². The first-order valence-corrected chi connectivity index (χ1v) is 7.04. The van der Waals surface area contributed by atoms with Crippen LogP contribution in [0.3, 0.4) is 0 Å². The molecule has 3 nitrogen and oxygen atoms in total. The lowest BCUT2D eigenvalue weighted by Gasteiger charge is -2.08. The Morgan fingerprint density at radius 3 is 2.14 bits per heavy atom. The monoisotopic (exact) mass is 286 g/mol. The lowest BCUT2D eigenvalue weighted by atomic mass is 10.1. The molecule has 0 unspecified atom stereocenters. The molecular weight excluding hydrogens is 267 g/mol. The van der Waals surface area contributed by atoms with Crippen molar-refractivity contribution >= 4 is 6.03 Å². The Morgan fingerprint density at radius 1 is 0.857 bits per heavy atom. The minimum atomic E-state index is -0.250. The van der Waals surface area contributed by atoms with E-state index in [4.69, 9.17) is 0 Å². The van der Waals surface area contributed by atoms with Crippen molar-refractivity contribution in [1.29, 1.82) is 0 Å². The molecule has 0 saturated heterocycles. The van der Waals surface area contributed by atoms with Crippen LogP contribution in [0.15, 0.2) is 54.6 Å². The van der Waals surface area contributed by atoms with Gasteiger partial charge in [0.05, 0.1) is 0 Å². The summed E-state index contributed by atoms with van der Waals surface area (Å²) in [5.41, 5.74) is 2.07. The number of benzene rings is 2. The van der Waals surface area contributed by atoms with Crippen LogP contribution in [0.5, 0.6) is 0 Å². The molecule has 0 bridgehead atoms. The molecule has 0 spiro atoms. The average molecular weight is 286 g/mol. The van der Waals surface area contributed by atoms with Crippen molar-refractivity contribution in [2.45, 2.75) is 12.8 Å². The molecule has 0 radical (unpaired) electrons. The molecular formula is C17H19FN2O. The predicted octanol–water partition coefficient (Wildman–Crippen LogP) is 2.91. The standard InChI is InChI=1S/C17H19FN2O/c18-16-8-4-7-15(13-16)10-12-20-17(21)19-11-9-14-5-2-1-3-6-14/h1-8,13H,9-12H2,(H2,19,20,21). The van der Waals surface area contributed by atoms with E-state index in [1.807, 2.05) is 36.4 Å². The van der Waals surface area contributed by atoms with E-state index in [-0.39, 0.29) is 11.8 Å². The van der Waals surface area contributed by atoms with Crippen molar-refractivity contribution in [3.05, 3.63) is 71.5 Å². The summed E-state index contributed by atoms with van der Waals surface area (Å²) in [5, 5.41) is 5.57. The number of rotatable bonds is 6. The summed E-state index contributed by atoms with van der Waals surface area (Å²) in [6.45, 7) is 1.08. The smallest absolute Gasteiger partial charge is 0.314 e. The highest BCUT2D eigenvalue weighted by Gasteiger charge is 2.00. The summed E-state index contributed by atoms with van der Waals surface area (Å²) in [6, 6.07) is 16.2. The first-order chi connectivity index (χ1) is 10.2. The van der Waals surface area contributed by atoms with Crippen LogP contribution in [0.25, 0.3) is 0 Å². The van der Waals surface area contributed by atoms with E-state index < -0.39 is 0 Å². The molecule has 0 saturated carbocycles. The Bertz CT molecular complexity index is 572. The zero-order valence-electron chi connectivity index (χ0n) is 11.8. The molecule has 0 heterocycles. The second-order valence-corrected chi connectivity index (χ2v) is 4.80. The topological polar surface area (TPSA) is 41.1 Å². The van der Waals surface area contributed by atoms with Gasteiger partial charge in [-0.05, 0) is 36.1 Å². The van der Waals surface area contributed by atoms with Gasteiger partial charge in [0.15, 0.2) is 0 Å². The average Bonchev–Trinajstić information content (AvgIpc) is 2.48. The first-order valence-electron chi connectivity index (χ1n) is 7.04. The molecule has 0 aromatic heterocycles. The van der Waals surface area contributed by atoms with Gasteiger partial charge in [0, 0.05) is 13.1 Å². The molecule has 0 atom stereocenters. The molecule has 2 rings (SSSR count). The lowest BCUT2D eigenvalue weighted by Crippen LogP contribution is -2.37. The molecule has 2 amide bonds. The summed E-state index contributed by atoms with van der Waals surface area (Å²) in [7, 11) is 0. The summed E-state index contributed by atoms with van der Waals surface area (Å²) in [5.74, 6) is -0.250. The fraction of sp³-hybridized carbons (Fsp3) is 0.235. The van der Waals surface area contributed by atoms with E-state index in [0.717, 1.165) is 12.0 Å². The Kier molecular flexibility index (Phi) is 5.76. The van der Waals surface area contributed by atoms with Gasteiger partial charge >= 0.3 is 6.03 Å². The number of carbonyl (C=O) groups is 1. The normalized spacial score (nSPS) is 10.1. The molecule has 21 heavy (non-hydrogen) atoms. The van der Waals surface area contributed by atoms with Crippen molar-refractivity contribution < 1.29 is 9.18 Å². The van der Waals surface area contributed by atoms with E-state index in [9.17, 15) is 9.18 Å². The van der Waals surface area contributed by atoms with Crippen LogP contribution in [0, 0.1) is 5.82 Å². The van der Waals surface area contributed by atoms with E-state index in [0.29, 0.717) is 19.5 Å². The largest absolute Gasteiger partial charge is 0.338 e. The summed E-state index contributed by atoms with van der Waals surface area (Å²) in [6.07, 6.45) is 1.42. The lowest BCUT2D eigenvalue weighted by molar-refractivity contribution is 0.241. The van der Waals surface area contributed by atoms with Crippen molar-refractivity contribution in [2.75, 3.05) is 13.1 Å². The van der Waals surface area contributed by atoms with Crippen LogP contribution >= 0.6 is 0 Å². The van der Waals surface area contributed by atoms with Crippen molar-refractivity contribution in [2.24, 2.45) is 0 Å². The number of hydrogen-bond donors (Lipinski definition) is 2. The van der Waals surface area contributed by atoms with E-state index in [2.05, 4.69) is 10.6 Å². The fourth-order valence-electron chi connectivity index (χ4n) is 2.04. The van der Waals surface area contributed by atoms with Crippen molar-refractivity contribution in [3.8, 4) is 0 Å². The summed E-state index contributed by atoms with van der Waals surface area (Å²) in [4.78, 5) is 11.6. The SMILES string of the molecule is O=C(NCCc1ccccc1)NCCc1cccc(F)c1. The van der Waals surface area contributed by atoms with Crippen LogP contribution in [0.2, 0.25) is 0 Å². The second-order valence-electron chi connectivity index (χ2n) is 4.80. The van der Waals surface area contributed by atoms with Gasteiger partial charge in [0.2, 0.25) is 0 Å². The number of nitrogens with one attached hydrogen (secondary N) is 2. The van der Waals surface area contributed by atoms with E-state index in [1.165, 1.54) is 17.7 Å². The van der Waals surface area contributed by atoms with E-state index in [1.54, 1.807) is 6.07 Å². The van der Waals surface area contributed by atoms with Crippen LogP contribution in [-0.4, -0.2) is 19.1 Å². The maximum absolute atomic E-state index is 13.0. The van der Waals surface area contributed by atoms with Crippen LogP contribution in [0.4, 0.5) is 9.18 Å². The first kappa shape index (κ1) is 15.0. The molecule has 2 N–H and O–H groups in total. The molecule has 0 aliphatic rings. The van der Waals surface area contributed by atoms with Gasteiger partial charge in [-0.3, -0.25) is 0 Å². The van der Waals surface area contributed by atoms with E-state index >= 15 is 0 Å². The predicted molar refractivity (Wildman–Crippen MR) is 81.7 cm³/mol. The van der Waals surface area contributed by atoms with Gasteiger partial charge < -0.3 is 10.6 Å². The Balaban J connectivity index is 1.61. The molecule has 0 fully saturated rings. The summed E-state index contributed by atoms with van der Waals surface area (Å²) < 4.78 is 13.0. The third-order valence-corrected chi connectivity index (χ3v) is 3.13. The maximum Gasteiger partial charge on any atom is 0.314 e. The maximum atomic E-state index is 13.0. The molecule has 2 aromatic rings. The van der Waals surface area contributed by atoms with Gasteiger partial charge in [-0.15, -0.1) is 0 Å². The molecule has 2 aromatic carbocycles. The van der Waals surface area contributed by atoms with Crippen molar-refractivity contribution in [3.63, 3.8) is 0 Å². The number of hydrogen-bond acceptors (Lipinski definition) is 1. The highest BCUT2D eigenvalue weighted by molar-refractivity contribution is 5.73. The second kappa shape index (κ2) is 8.04. The Labute approximate surface area is 124 Å². The highest BCUT2D eigenvalue weighted by Crippen LogP contribution is 2.03. The zero-order valence-corrected chi connectivity index (χ0v) is 11.8. The number of amides is 2. The Hall–Kier alpha value is -2.36. The minimum absolute atomic E-state index is 0.192. The van der Waals surface area contributed by atoms with Gasteiger partial charge in [-0.2, -0.15) is 0 Å². The number of halogens is 1. The van der Waals surface area contributed by atoms with Gasteiger partial charge in [0.1, 0.15) is 5.82 Å². The van der Waals surface area contributed by atoms with Crippen LogP contribution < -0.4 is 10.6 Å². The quantitative estimate of drug-likeness (QED) is 0.842. The molecule has 0 aliphatic carbocycles. The van der Waals surface area contributed by atoms with Gasteiger partial charge in [-0.1, -0.05) is 42.5 Å². The van der Waals surface area contributed by atoms with Gasteiger partial charge in [-0.25, -0.2) is 9.18 Å².